The van der Waals surface area contributed by atoms with Gasteiger partial charge in [-0.05, 0) is 62.6 Å². The van der Waals surface area contributed by atoms with Crippen molar-refractivity contribution in [2.24, 2.45) is 0 Å². The van der Waals surface area contributed by atoms with Crippen LogP contribution >= 0.6 is 0 Å². The Hall–Kier alpha value is -3.39. The molecule has 3 amide bonds. The molecule has 1 fully saturated rings. The molecule has 1 aliphatic heterocycles. The van der Waals surface area contributed by atoms with Crippen LogP contribution in [0.15, 0.2) is 48.5 Å². The lowest BCUT2D eigenvalue weighted by atomic mass is 10.0. The van der Waals surface area contributed by atoms with Crippen molar-refractivity contribution in [3.8, 4) is 5.75 Å². The van der Waals surface area contributed by atoms with Crippen LogP contribution in [0.2, 0.25) is 0 Å². The molecule has 1 saturated heterocycles. The first kappa shape index (κ1) is 26.2. The molecule has 0 spiro atoms. The summed E-state index contributed by atoms with van der Waals surface area (Å²) in [5, 5.41) is 5.53. The van der Waals surface area contributed by atoms with Crippen molar-refractivity contribution in [2.75, 3.05) is 45.2 Å². The lowest BCUT2D eigenvalue weighted by Crippen LogP contribution is -2.50. The fraction of sp³-hybridized carbons (Fsp3) is 0.444. The van der Waals surface area contributed by atoms with E-state index in [4.69, 9.17) is 4.74 Å². The van der Waals surface area contributed by atoms with Crippen LogP contribution < -0.4 is 15.4 Å². The lowest BCUT2D eigenvalue weighted by molar-refractivity contribution is -0.125. The molecule has 1 heterocycles. The fourth-order valence-corrected chi connectivity index (χ4v) is 4.41. The van der Waals surface area contributed by atoms with Crippen LogP contribution in [-0.4, -0.2) is 73.4 Å². The Labute approximate surface area is 207 Å². The smallest absolute Gasteiger partial charge is 0.253 e. The number of benzene rings is 2. The van der Waals surface area contributed by atoms with Crippen molar-refractivity contribution in [1.29, 1.82) is 0 Å². The van der Waals surface area contributed by atoms with Crippen molar-refractivity contribution in [2.45, 2.75) is 39.2 Å². The third-order valence-corrected chi connectivity index (χ3v) is 6.22. The van der Waals surface area contributed by atoms with Gasteiger partial charge in [0.25, 0.3) is 5.91 Å². The number of piperidine rings is 1. The molecule has 0 bridgehead atoms. The zero-order valence-electron chi connectivity index (χ0n) is 20.9. The monoisotopic (exact) mass is 480 g/mol. The van der Waals surface area contributed by atoms with Gasteiger partial charge in [0.1, 0.15) is 5.75 Å². The van der Waals surface area contributed by atoms with E-state index in [2.05, 4.69) is 22.5 Å². The Morgan fingerprint density at radius 1 is 1.06 bits per heavy atom. The van der Waals surface area contributed by atoms with Crippen LogP contribution in [0.25, 0.3) is 0 Å². The SMILES string of the molecule is CCCN(CC(=O)NCC(=O)Nc1cc(C)ccc1OC)C1CCN(C(=O)c2ccccc2)CC1. The van der Waals surface area contributed by atoms with Gasteiger partial charge < -0.3 is 20.3 Å². The van der Waals surface area contributed by atoms with Gasteiger partial charge >= 0.3 is 0 Å². The van der Waals surface area contributed by atoms with Gasteiger partial charge in [0, 0.05) is 24.7 Å². The van der Waals surface area contributed by atoms with E-state index < -0.39 is 0 Å². The number of amides is 3. The number of hydrogen-bond acceptors (Lipinski definition) is 5. The van der Waals surface area contributed by atoms with Crippen molar-refractivity contribution in [3.05, 3.63) is 59.7 Å². The second-order valence-corrected chi connectivity index (χ2v) is 8.89. The van der Waals surface area contributed by atoms with Crippen LogP contribution in [0.5, 0.6) is 5.75 Å². The number of nitrogens with zero attached hydrogens (tertiary/aromatic N) is 2. The van der Waals surface area contributed by atoms with E-state index in [0.29, 0.717) is 30.1 Å². The summed E-state index contributed by atoms with van der Waals surface area (Å²) in [5.41, 5.74) is 2.28. The number of nitrogens with one attached hydrogen (secondary N) is 2. The van der Waals surface area contributed by atoms with E-state index in [1.54, 1.807) is 13.2 Å². The lowest BCUT2D eigenvalue weighted by Gasteiger charge is -2.38. The van der Waals surface area contributed by atoms with E-state index in [-0.39, 0.29) is 36.9 Å². The summed E-state index contributed by atoms with van der Waals surface area (Å²) in [6.07, 6.45) is 2.56. The largest absolute Gasteiger partial charge is 0.495 e. The van der Waals surface area contributed by atoms with Crippen molar-refractivity contribution >= 4 is 23.4 Å². The van der Waals surface area contributed by atoms with Crippen molar-refractivity contribution in [3.63, 3.8) is 0 Å². The number of anilines is 1. The Kier molecular flexibility index (Phi) is 9.66. The van der Waals surface area contributed by atoms with Crippen LogP contribution in [0.3, 0.4) is 0 Å². The standard InChI is InChI=1S/C27H36N4O4/c1-4-14-31(22-12-15-30(16-13-22)27(34)21-8-6-5-7-9-21)19-26(33)28-18-25(32)29-23-17-20(2)10-11-24(23)35-3/h5-11,17,22H,4,12-16,18-19H2,1-3H3,(H,28,33)(H,29,32). The molecule has 188 valence electrons. The number of aryl methyl sites for hydroxylation is 1. The van der Waals surface area contributed by atoms with E-state index in [0.717, 1.165) is 31.4 Å². The molecule has 0 radical (unpaired) electrons. The van der Waals surface area contributed by atoms with Crippen molar-refractivity contribution in [1.82, 2.24) is 15.1 Å². The molecule has 0 aromatic heterocycles. The molecule has 0 aliphatic carbocycles. The second-order valence-electron chi connectivity index (χ2n) is 8.89. The third kappa shape index (κ3) is 7.55. The summed E-state index contributed by atoms with van der Waals surface area (Å²) in [4.78, 5) is 41.8. The van der Waals surface area contributed by atoms with Gasteiger partial charge in [-0.15, -0.1) is 0 Å². The minimum Gasteiger partial charge on any atom is -0.495 e. The average Bonchev–Trinajstić information content (AvgIpc) is 2.87. The zero-order chi connectivity index (χ0) is 25.2. The summed E-state index contributed by atoms with van der Waals surface area (Å²) in [6.45, 7) is 6.26. The summed E-state index contributed by atoms with van der Waals surface area (Å²) in [5.74, 6) is 0.131. The van der Waals surface area contributed by atoms with Crippen molar-refractivity contribution < 1.29 is 19.1 Å². The predicted octanol–water partition coefficient (Wildman–Crippen LogP) is 3.08. The molecular formula is C27H36N4O4. The predicted molar refractivity (Wildman–Crippen MR) is 137 cm³/mol. The average molecular weight is 481 g/mol. The Morgan fingerprint density at radius 2 is 1.77 bits per heavy atom. The number of likely N-dealkylation sites (tertiary alicyclic amines) is 1. The third-order valence-electron chi connectivity index (χ3n) is 6.22. The number of carbonyl (C=O) groups excluding carboxylic acids is 3. The van der Waals surface area contributed by atoms with Gasteiger partial charge in [-0.2, -0.15) is 0 Å². The Balaban J connectivity index is 1.47. The van der Waals surface area contributed by atoms with Gasteiger partial charge in [0.15, 0.2) is 0 Å². The van der Waals surface area contributed by atoms with E-state index in [9.17, 15) is 14.4 Å². The number of carbonyl (C=O) groups is 3. The summed E-state index contributed by atoms with van der Waals surface area (Å²) in [6, 6.07) is 15.1. The Morgan fingerprint density at radius 3 is 2.43 bits per heavy atom. The first-order chi connectivity index (χ1) is 16.9. The van der Waals surface area contributed by atoms with Crippen LogP contribution in [-0.2, 0) is 9.59 Å². The minimum atomic E-state index is -0.308. The molecule has 35 heavy (non-hydrogen) atoms. The van der Waals surface area contributed by atoms with Gasteiger partial charge in [0.2, 0.25) is 11.8 Å². The highest BCUT2D eigenvalue weighted by atomic mass is 16.5. The highest BCUT2D eigenvalue weighted by molar-refractivity contribution is 5.96. The maximum absolute atomic E-state index is 12.7. The van der Waals surface area contributed by atoms with Gasteiger partial charge in [-0.25, -0.2) is 0 Å². The van der Waals surface area contributed by atoms with Gasteiger partial charge in [0.05, 0.1) is 25.9 Å². The second kappa shape index (κ2) is 12.9. The maximum atomic E-state index is 12.7. The zero-order valence-corrected chi connectivity index (χ0v) is 20.9. The number of methoxy groups -OCH3 is 1. The first-order valence-electron chi connectivity index (χ1n) is 12.2. The molecule has 8 nitrogen and oxygen atoms in total. The topological polar surface area (TPSA) is 91.0 Å². The molecular weight excluding hydrogens is 444 g/mol. The number of hydrogen-bond donors (Lipinski definition) is 2. The van der Waals surface area contributed by atoms with Gasteiger partial charge in [-0.3, -0.25) is 19.3 Å². The fourth-order valence-electron chi connectivity index (χ4n) is 4.41. The minimum absolute atomic E-state index is 0.0556. The van der Waals surface area contributed by atoms with Crippen LogP contribution in [0.4, 0.5) is 5.69 Å². The highest BCUT2D eigenvalue weighted by Gasteiger charge is 2.28. The summed E-state index contributed by atoms with van der Waals surface area (Å²) < 4.78 is 5.29. The van der Waals surface area contributed by atoms with E-state index in [1.165, 1.54) is 0 Å². The van der Waals surface area contributed by atoms with E-state index >= 15 is 0 Å². The molecule has 2 N–H and O–H groups in total. The van der Waals surface area contributed by atoms with E-state index in [1.807, 2.05) is 54.3 Å². The molecule has 0 atom stereocenters. The molecule has 2 aromatic carbocycles. The summed E-state index contributed by atoms with van der Waals surface area (Å²) >= 11 is 0. The number of rotatable bonds is 10. The van der Waals surface area contributed by atoms with Crippen LogP contribution in [0.1, 0.15) is 42.1 Å². The highest BCUT2D eigenvalue weighted by Crippen LogP contribution is 2.25. The number of ether oxygens (including phenoxy) is 1. The summed E-state index contributed by atoms with van der Waals surface area (Å²) in [7, 11) is 1.55. The van der Waals surface area contributed by atoms with Gasteiger partial charge in [-0.1, -0.05) is 31.2 Å². The molecule has 2 aromatic rings. The maximum Gasteiger partial charge on any atom is 0.253 e. The molecule has 0 unspecified atom stereocenters. The Bertz CT molecular complexity index is 1000. The normalized spacial score (nSPS) is 14.0. The molecule has 8 heteroatoms. The molecule has 0 saturated carbocycles. The van der Waals surface area contributed by atoms with Crippen LogP contribution in [0, 0.1) is 6.92 Å². The molecule has 1 aliphatic rings. The first-order valence-corrected chi connectivity index (χ1v) is 12.2. The molecule has 3 rings (SSSR count). The quantitative estimate of drug-likeness (QED) is 0.545.